The van der Waals surface area contributed by atoms with Gasteiger partial charge in [-0.3, -0.25) is 0 Å². The van der Waals surface area contributed by atoms with Gasteiger partial charge in [0.2, 0.25) is 5.60 Å². The number of hydrogen-bond donors (Lipinski definition) is 0. The summed E-state index contributed by atoms with van der Waals surface area (Å²) >= 11 is 0. The number of epoxide rings is 1. The smallest absolute Gasteiger partial charge is 0.346 e. The van der Waals surface area contributed by atoms with E-state index in [2.05, 4.69) is 13.8 Å². The highest BCUT2D eigenvalue weighted by molar-refractivity contribution is 5.86. The summed E-state index contributed by atoms with van der Waals surface area (Å²) in [7, 11) is 0. The van der Waals surface area contributed by atoms with Crippen LogP contribution >= 0.6 is 0 Å². The fourth-order valence-corrected chi connectivity index (χ4v) is 3.09. The molecule has 1 heterocycles. The maximum atomic E-state index is 12.7. The van der Waals surface area contributed by atoms with E-state index in [1.807, 2.05) is 37.3 Å². The number of ether oxygens (including phenoxy) is 2. The molecule has 2 unspecified atom stereocenters. The van der Waals surface area contributed by atoms with Gasteiger partial charge in [0.1, 0.15) is 5.60 Å². The molecule has 0 aliphatic carbocycles. The summed E-state index contributed by atoms with van der Waals surface area (Å²) in [5.41, 5.74) is -0.369. The van der Waals surface area contributed by atoms with Crippen molar-refractivity contribution in [2.75, 3.05) is 6.61 Å². The fourth-order valence-electron chi connectivity index (χ4n) is 3.09. The van der Waals surface area contributed by atoms with Crippen molar-refractivity contribution < 1.29 is 14.3 Å². The molecule has 1 saturated heterocycles. The number of esters is 1. The van der Waals surface area contributed by atoms with Gasteiger partial charge >= 0.3 is 5.97 Å². The van der Waals surface area contributed by atoms with E-state index in [4.69, 9.17) is 9.47 Å². The lowest BCUT2D eigenvalue weighted by atomic mass is 9.81. The topological polar surface area (TPSA) is 38.8 Å². The average molecular weight is 290 g/mol. The normalized spacial score (nSPS) is 27.4. The molecule has 0 bridgehead atoms. The van der Waals surface area contributed by atoms with Crippen molar-refractivity contribution in [2.45, 2.75) is 64.1 Å². The van der Waals surface area contributed by atoms with E-state index in [9.17, 15) is 4.79 Å². The van der Waals surface area contributed by atoms with Crippen LogP contribution in [-0.4, -0.2) is 18.2 Å². The highest BCUT2D eigenvalue weighted by Crippen LogP contribution is 2.61. The summed E-state index contributed by atoms with van der Waals surface area (Å²) in [6, 6.07) is 9.79. The zero-order valence-corrected chi connectivity index (χ0v) is 13.4. The lowest BCUT2D eigenvalue weighted by molar-refractivity contribution is -0.150. The van der Waals surface area contributed by atoms with Gasteiger partial charge in [-0.15, -0.1) is 0 Å². The molecule has 0 saturated carbocycles. The largest absolute Gasteiger partial charge is 0.463 e. The molecule has 3 nitrogen and oxygen atoms in total. The lowest BCUT2D eigenvalue weighted by Gasteiger charge is -2.18. The Morgan fingerprint density at radius 1 is 1.14 bits per heavy atom. The molecule has 116 valence electrons. The molecule has 2 rings (SSSR count). The minimum absolute atomic E-state index is 0.228. The molecule has 0 radical (unpaired) electrons. The minimum Gasteiger partial charge on any atom is -0.463 e. The van der Waals surface area contributed by atoms with Crippen LogP contribution in [0.4, 0.5) is 0 Å². The van der Waals surface area contributed by atoms with Gasteiger partial charge in [-0.2, -0.15) is 0 Å². The SMILES string of the molecule is CCCCC1(CC)OC1(C(=O)OCCC)c1ccccc1. The lowest BCUT2D eigenvalue weighted by Crippen LogP contribution is -2.33. The van der Waals surface area contributed by atoms with E-state index in [-0.39, 0.29) is 5.97 Å². The molecular weight excluding hydrogens is 264 g/mol. The Hall–Kier alpha value is -1.35. The van der Waals surface area contributed by atoms with Crippen LogP contribution in [0, 0.1) is 0 Å². The number of carbonyl (C=O) groups excluding carboxylic acids is 1. The molecule has 1 fully saturated rings. The Balaban J connectivity index is 2.31. The van der Waals surface area contributed by atoms with Gasteiger partial charge in [0.25, 0.3) is 0 Å². The summed E-state index contributed by atoms with van der Waals surface area (Å²) in [5, 5.41) is 0. The Kier molecular flexibility index (Phi) is 5.04. The van der Waals surface area contributed by atoms with Crippen molar-refractivity contribution in [3.8, 4) is 0 Å². The molecule has 0 spiro atoms. The summed E-state index contributed by atoms with van der Waals surface area (Å²) in [5.74, 6) is -0.228. The Labute approximate surface area is 127 Å². The van der Waals surface area contributed by atoms with Crippen LogP contribution in [0.2, 0.25) is 0 Å². The van der Waals surface area contributed by atoms with Crippen molar-refractivity contribution in [3.63, 3.8) is 0 Å². The fraction of sp³-hybridized carbons (Fsp3) is 0.611. The first kappa shape index (κ1) is 16.0. The predicted molar refractivity (Wildman–Crippen MR) is 83.0 cm³/mol. The monoisotopic (exact) mass is 290 g/mol. The number of hydrogen-bond acceptors (Lipinski definition) is 3. The molecule has 1 aliphatic rings. The highest BCUT2D eigenvalue weighted by atomic mass is 16.7. The third-order valence-electron chi connectivity index (χ3n) is 4.36. The maximum Gasteiger partial charge on any atom is 0.346 e. The molecule has 1 aromatic carbocycles. The van der Waals surface area contributed by atoms with E-state index >= 15 is 0 Å². The first-order valence-electron chi connectivity index (χ1n) is 8.09. The van der Waals surface area contributed by atoms with Gasteiger partial charge in [-0.1, -0.05) is 63.9 Å². The van der Waals surface area contributed by atoms with Crippen molar-refractivity contribution in [3.05, 3.63) is 35.9 Å². The van der Waals surface area contributed by atoms with Crippen LogP contribution in [0.5, 0.6) is 0 Å². The van der Waals surface area contributed by atoms with Crippen molar-refractivity contribution in [1.29, 1.82) is 0 Å². The first-order chi connectivity index (χ1) is 10.2. The molecule has 0 amide bonds. The zero-order valence-electron chi connectivity index (χ0n) is 13.4. The van der Waals surface area contributed by atoms with Crippen molar-refractivity contribution >= 4 is 5.97 Å². The molecule has 1 aromatic rings. The van der Waals surface area contributed by atoms with Gasteiger partial charge in [0.15, 0.2) is 0 Å². The van der Waals surface area contributed by atoms with Gasteiger partial charge in [0.05, 0.1) is 6.61 Å². The second-order valence-corrected chi connectivity index (χ2v) is 5.74. The van der Waals surface area contributed by atoms with E-state index in [0.717, 1.165) is 37.7 Å². The minimum atomic E-state index is -0.895. The summed E-state index contributed by atoms with van der Waals surface area (Å²) < 4.78 is 11.6. The molecule has 1 aliphatic heterocycles. The van der Waals surface area contributed by atoms with Crippen LogP contribution in [-0.2, 0) is 19.9 Å². The van der Waals surface area contributed by atoms with E-state index in [0.29, 0.717) is 6.61 Å². The zero-order chi connectivity index (χ0) is 15.3. The number of unbranched alkanes of at least 4 members (excludes halogenated alkanes) is 1. The molecule has 3 heteroatoms. The average Bonchev–Trinajstić information content (AvgIpc) is 3.22. The van der Waals surface area contributed by atoms with Crippen LogP contribution in [0.25, 0.3) is 0 Å². The van der Waals surface area contributed by atoms with Crippen LogP contribution < -0.4 is 0 Å². The third-order valence-corrected chi connectivity index (χ3v) is 4.36. The quantitative estimate of drug-likeness (QED) is 0.532. The number of carbonyl (C=O) groups is 1. The molecule has 21 heavy (non-hydrogen) atoms. The highest BCUT2D eigenvalue weighted by Gasteiger charge is 2.74. The summed E-state index contributed by atoms with van der Waals surface area (Å²) in [4.78, 5) is 12.7. The van der Waals surface area contributed by atoms with Crippen LogP contribution in [0.3, 0.4) is 0 Å². The van der Waals surface area contributed by atoms with Gasteiger partial charge in [-0.05, 0) is 24.8 Å². The maximum absolute atomic E-state index is 12.7. The van der Waals surface area contributed by atoms with Crippen molar-refractivity contribution in [2.24, 2.45) is 0 Å². The molecule has 2 atom stereocenters. The van der Waals surface area contributed by atoms with Gasteiger partial charge < -0.3 is 9.47 Å². The molecule has 0 aromatic heterocycles. The molecular formula is C18H26O3. The van der Waals surface area contributed by atoms with E-state index in [1.54, 1.807) is 0 Å². The predicted octanol–water partition coefficient (Wildman–Crippen LogP) is 4.20. The van der Waals surface area contributed by atoms with Gasteiger partial charge in [0, 0.05) is 0 Å². The Morgan fingerprint density at radius 2 is 1.86 bits per heavy atom. The van der Waals surface area contributed by atoms with Crippen LogP contribution in [0.1, 0.15) is 58.4 Å². The summed E-state index contributed by atoms with van der Waals surface area (Å²) in [6.45, 7) is 6.70. The first-order valence-corrected chi connectivity index (χ1v) is 8.09. The van der Waals surface area contributed by atoms with Crippen LogP contribution in [0.15, 0.2) is 30.3 Å². The van der Waals surface area contributed by atoms with Gasteiger partial charge in [-0.25, -0.2) is 4.79 Å². The summed E-state index contributed by atoms with van der Waals surface area (Å²) in [6.07, 6.45) is 4.70. The Morgan fingerprint density at radius 3 is 2.43 bits per heavy atom. The second kappa shape index (κ2) is 6.61. The third kappa shape index (κ3) is 2.71. The molecule has 0 N–H and O–H groups in total. The Bertz CT molecular complexity index is 471. The van der Waals surface area contributed by atoms with E-state index < -0.39 is 11.2 Å². The van der Waals surface area contributed by atoms with Crippen molar-refractivity contribution in [1.82, 2.24) is 0 Å². The second-order valence-electron chi connectivity index (χ2n) is 5.74. The van der Waals surface area contributed by atoms with E-state index in [1.165, 1.54) is 0 Å². The standard InChI is InChI=1S/C18H26O3/c1-4-7-13-17(6-3)18(21-17,16(19)20-14-5-2)15-11-9-8-10-12-15/h8-12H,4-7,13-14H2,1-3H3. The number of rotatable bonds is 8. The number of benzene rings is 1.